The first-order chi connectivity index (χ1) is 16.7. The minimum atomic E-state index is -1.12. The number of phenols is 1. The monoisotopic (exact) mass is 486 g/mol. The van der Waals surface area contributed by atoms with Gasteiger partial charge < -0.3 is 36.3 Å². The quantitative estimate of drug-likeness (QED) is 0.147. The van der Waals surface area contributed by atoms with Gasteiger partial charge in [-0.25, -0.2) is 0 Å². The first-order valence-electron chi connectivity index (χ1n) is 10.7. The highest BCUT2D eigenvalue weighted by molar-refractivity contribution is 6.45. The van der Waals surface area contributed by atoms with Crippen LogP contribution in [0.3, 0.4) is 0 Å². The molecule has 2 aromatic rings. The van der Waals surface area contributed by atoms with E-state index < -0.39 is 29.9 Å². The van der Waals surface area contributed by atoms with Crippen LogP contribution >= 0.6 is 0 Å². The van der Waals surface area contributed by atoms with Crippen LogP contribution in [0.1, 0.15) is 23.6 Å². The molecule has 186 valence electrons. The van der Waals surface area contributed by atoms with Crippen molar-refractivity contribution in [2.75, 3.05) is 19.7 Å². The Morgan fingerprint density at radius 3 is 2.23 bits per heavy atom. The molecule has 12 nitrogen and oxygen atoms in total. The van der Waals surface area contributed by atoms with Crippen LogP contribution in [0.5, 0.6) is 11.5 Å². The van der Waals surface area contributed by atoms with Gasteiger partial charge in [0.15, 0.2) is 5.71 Å². The largest absolute Gasteiger partial charge is 0.508 e. The van der Waals surface area contributed by atoms with Crippen LogP contribution < -0.4 is 15.8 Å². The molecule has 0 bridgehead atoms. The number of amides is 1. The summed E-state index contributed by atoms with van der Waals surface area (Å²) in [5, 5.41) is 43.0. The molecule has 0 spiro atoms. The number of carbonyl (C=O) groups is 3. The Kier molecular flexibility index (Phi) is 8.23. The average molecular weight is 486 g/mol. The second-order valence-electron chi connectivity index (χ2n) is 8.01. The van der Waals surface area contributed by atoms with Crippen LogP contribution in [0.25, 0.3) is 0 Å². The number of phenolic OH excluding ortho intramolecular Hbond substituents is 1. The van der Waals surface area contributed by atoms with E-state index in [1.807, 2.05) is 0 Å². The number of benzene rings is 2. The number of aromatic hydroxyl groups is 1. The number of likely N-dealkylation sites (tertiary alicyclic amines) is 1. The number of carboxylic acids is 2. The van der Waals surface area contributed by atoms with Crippen LogP contribution in [-0.4, -0.2) is 80.8 Å². The summed E-state index contributed by atoms with van der Waals surface area (Å²) in [6.45, 7) is 0.634. The second-order valence-corrected chi connectivity index (χ2v) is 8.01. The van der Waals surface area contributed by atoms with E-state index in [4.69, 9.17) is 15.6 Å². The topological polar surface area (TPSA) is 195 Å². The van der Waals surface area contributed by atoms with Crippen LogP contribution in [0.2, 0.25) is 0 Å². The summed E-state index contributed by atoms with van der Waals surface area (Å²) in [5.41, 5.74) is 6.02. The van der Waals surface area contributed by atoms with E-state index in [0.29, 0.717) is 16.9 Å². The predicted molar refractivity (Wildman–Crippen MR) is 122 cm³/mol. The van der Waals surface area contributed by atoms with Crippen molar-refractivity contribution in [2.45, 2.75) is 24.5 Å². The lowest BCUT2D eigenvalue weighted by Gasteiger charge is -2.42. The van der Waals surface area contributed by atoms with Crippen molar-refractivity contribution in [1.29, 1.82) is 0 Å². The Labute approximate surface area is 200 Å². The van der Waals surface area contributed by atoms with Crippen molar-refractivity contribution < 1.29 is 39.6 Å². The van der Waals surface area contributed by atoms with Crippen LogP contribution in [-0.2, 0) is 14.4 Å². The molecule has 1 aliphatic rings. The molecule has 0 radical (unpaired) electrons. The van der Waals surface area contributed by atoms with Gasteiger partial charge in [0, 0.05) is 25.1 Å². The highest BCUT2D eigenvalue weighted by Gasteiger charge is 2.38. The molecule has 0 saturated carbocycles. The maximum Gasteiger partial charge on any atom is 0.325 e. The summed E-state index contributed by atoms with van der Waals surface area (Å²) in [5.74, 6) is -2.34. The van der Waals surface area contributed by atoms with Crippen LogP contribution in [0.15, 0.2) is 53.7 Å². The molecule has 2 atom stereocenters. The predicted octanol–water partition coefficient (Wildman–Crippen LogP) is 0.378. The van der Waals surface area contributed by atoms with E-state index in [2.05, 4.69) is 10.5 Å². The summed E-state index contributed by atoms with van der Waals surface area (Å²) in [7, 11) is 0. The van der Waals surface area contributed by atoms with Crippen molar-refractivity contribution >= 4 is 23.6 Å². The summed E-state index contributed by atoms with van der Waals surface area (Å²) in [6, 6.07) is 9.70. The third-order valence-corrected chi connectivity index (χ3v) is 5.51. The SMILES string of the molecule is N[C@H](CCOc1ccc(/C(=N/O)C(=O)NC2CN([C@@H](C(=O)O)c3ccc(O)cc3)C2)cc1)C(=O)O. The zero-order valence-corrected chi connectivity index (χ0v) is 18.6. The normalized spacial score (nSPS) is 16.1. The summed E-state index contributed by atoms with van der Waals surface area (Å²) in [6.07, 6.45) is 0.122. The lowest BCUT2D eigenvalue weighted by atomic mass is 9.98. The number of oxime groups is 1. The van der Waals surface area contributed by atoms with Gasteiger partial charge in [-0.05, 0) is 42.0 Å². The second kappa shape index (κ2) is 11.3. The molecular formula is C23H26N4O8. The first-order valence-corrected chi connectivity index (χ1v) is 10.7. The first kappa shape index (κ1) is 25.5. The molecule has 12 heteroatoms. The zero-order valence-electron chi connectivity index (χ0n) is 18.6. The molecule has 0 unspecified atom stereocenters. The Hall–Kier alpha value is -4.16. The molecule has 1 amide bonds. The van der Waals surface area contributed by atoms with Gasteiger partial charge >= 0.3 is 11.9 Å². The molecule has 1 aliphatic heterocycles. The number of hydrogen-bond donors (Lipinski definition) is 6. The van der Waals surface area contributed by atoms with Crippen molar-refractivity contribution in [3.05, 3.63) is 59.7 Å². The summed E-state index contributed by atoms with van der Waals surface area (Å²) in [4.78, 5) is 36.8. The van der Waals surface area contributed by atoms with E-state index >= 15 is 0 Å². The van der Waals surface area contributed by atoms with Gasteiger partial charge in [-0.2, -0.15) is 0 Å². The number of nitrogens with two attached hydrogens (primary N) is 1. The minimum absolute atomic E-state index is 0.0319. The van der Waals surface area contributed by atoms with Gasteiger partial charge in [-0.3, -0.25) is 19.3 Å². The van der Waals surface area contributed by atoms with Crippen molar-refractivity contribution in [1.82, 2.24) is 10.2 Å². The Morgan fingerprint density at radius 2 is 1.69 bits per heavy atom. The van der Waals surface area contributed by atoms with Crippen molar-refractivity contribution in [3.63, 3.8) is 0 Å². The zero-order chi connectivity index (χ0) is 25.5. The lowest BCUT2D eigenvalue weighted by molar-refractivity contribution is -0.146. The van der Waals surface area contributed by atoms with E-state index in [1.54, 1.807) is 17.0 Å². The fraction of sp³-hybridized carbons (Fsp3) is 0.304. The third kappa shape index (κ3) is 6.46. The molecule has 0 aromatic heterocycles. The number of ether oxygens (including phenoxy) is 1. The standard InChI is InChI=1S/C23H26N4O8/c24-18(22(30)31)9-10-35-17-7-3-13(4-8-17)19(26-34)21(29)25-15-11-27(12-15)20(23(32)33)14-1-5-16(28)6-2-14/h1-8,15,18,20,28,34H,9-12,24H2,(H,25,29)(H,30,31)(H,32,33)/b26-19-/t18-,20-/m1/s1. The highest BCUT2D eigenvalue weighted by atomic mass is 16.5. The lowest BCUT2D eigenvalue weighted by Crippen LogP contribution is -2.61. The van der Waals surface area contributed by atoms with Gasteiger partial charge in [0.05, 0.1) is 12.6 Å². The number of nitrogens with zero attached hydrogens (tertiary/aromatic N) is 2. The Bertz CT molecular complexity index is 1080. The number of carbonyl (C=O) groups excluding carboxylic acids is 1. The summed E-state index contributed by atoms with van der Waals surface area (Å²) < 4.78 is 5.43. The van der Waals surface area contributed by atoms with Gasteiger partial charge in [-0.1, -0.05) is 17.3 Å². The van der Waals surface area contributed by atoms with E-state index in [9.17, 15) is 29.8 Å². The number of carboxylic acid groups (broad SMARTS) is 2. The molecule has 1 fully saturated rings. The van der Waals surface area contributed by atoms with E-state index in [1.165, 1.54) is 36.4 Å². The maximum atomic E-state index is 12.6. The smallest absolute Gasteiger partial charge is 0.325 e. The third-order valence-electron chi connectivity index (χ3n) is 5.51. The highest BCUT2D eigenvalue weighted by Crippen LogP contribution is 2.27. The molecule has 1 heterocycles. The molecule has 7 N–H and O–H groups in total. The molecule has 0 aliphatic carbocycles. The Morgan fingerprint density at radius 1 is 1.06 bits per heavy atom. The van der Waals surface area contributed by atoms with Gasteiger partial charge in [-0.15, -0.1) is 0 Å². The number of hydrogen-bond acceptors (Lipinski definition) is 9. The van der Waals surface area contributed by atoms with E-state index in [-0.39, 0.29) is 43.6 Å². The number of aliphatic carboxylic acids is 2. The molecule has 2 aromatic carbocycles. The average Bonchev–Trinajstić information content (AvgIpc) is 2.79. The van der Waals surface area contributed by atoms with Gasteiger partial charge in [0.2, 0.25) is 0 Å². The molecular weight excluding hydrogens is 460 g/mol. The number of nitrogens with one attached hydrogen (secondary N) is 1. The van der Waals surface area contributed by atoms with Gasteiger partial charge in [0.25, 0.3) is 5.91 Å². The maximum absolute atomic E-state index is 12.6. The molecule has 1 saturated heterocycles. The fourth-order valence-electron chi connectivity index (χ4n) is 3.61. The number of rotatable bonds is 11. The van der Waals surface area contributed by atoms with Crippen molar-refractivity contribution in [3.8, 4) is 11.5 Å². The van der Waals surface area contributed by atoms with Gasteiger partial charge in [0.1, 0.15) is 23.6 Å². The molecule has 35 heavy (non-hydrogen) atoms. The Balaban J connectivity index is 1.53. The van der Waals surface area contributed by atoms with Crippen LogP contribution in [0.4, 0.5) is 0 Å². The summed E-state index contributed by atoms with van der Waals surface area (Å²) >= 11 is 0. The van der Waals surface area contributed by atoms with Crippen LogP contribution in [0, 0.1) is 0 Å². The minimum Gasteiger partial charge on any atom is -0.508 e. The fourth-order valence-corrected chi connectivity index (χ4v) is 3.61. The van der Waals surface area contributed by atoms with Crippen molar-refractivity contribution in [2.24, 2.45) is 10.9 Å². The molecule has 3 rings (SSSR count). The van der Waals surface area contributed by atoms with E-state index in [0.717, 1.165) is 0 Å².